The molecular formula is C18H19N5O2. The lowest BCUT2D eigenvalue weighted by Crippen LogP contribution is -2.40. The zero-order chi connectivity index (χ0) is 17.2. The Morgan fingerprint density at radius 3 is 2.88 bits per heavy atom. The molecular weight excluding hydrogens is 318 g/mol. The molecule has 0 aromatic carbocycles. The van der Waals surface area contributed by atoms with Gasteiger partial charge in [0.25, 0.3) is 11.5 Å². The summed E-state index contributed by atoms with van der Waals surface area (Å²) in [6.07, 6.45) is 8.30. The fourth-order valence-electron chi connectivity index (χ4n) is 3.42. The lowest BCUT2D eigenvalue weighted by Gasteiger charge is -2.32. The fourth-order valence-corrected chi connectivity index (χ4v) is 3.42. The minimum Gasteiger partial charge on any atom is -0.345 e. The van der Waals surface area contributed by atoms with Crippen LogP contribution >= 0.6 is 0 Å². The molecule has 0 atom stereocenters. The van der Waals surface area contributed by atoms with Crippen LogP contribution in [0.25, 0.3) is 11.0 Å². The average molecular weight is 337 g/mol. The molecule has 0 saturated carbocycles. The number of aromatic nitrogens is 4. The van der Waals surface area contributed by atoms with Gasteiger partial charge >= 0.3 is 0 Å². The van der Waals surface area contributed by atoms with Crippen molar-refractivity contribution in [1.29, 1.82) is 0 Å². The first-order valence-corrected chi connectivity index (χ1v) is 8.44. The van der Waals surface area contributed by atoms with Crippen molar-refractivity contribution in [1.82, 2.24) is 24.4 Å². The summed E-state index contributed by atoms with van der Waals surface area (Å²) in [5, 5.41) is 0.858. The van der Waals surface area contributed by atoms with Gasteiger partial charge in [-0.3, -0.25) is 14.2 Å². The molecule has 1 saturated heterocycles. The van der Waals surface area contributed by atoms with Crippen molar-refractivity contribution in [2.24, 2.45) is 5.92 Å². The van der Waals surface area contributed by atoms with Crippen LogP contribution in [0.1, 0.15) is 23.2 Å². The van der Waals surface area contributed by atoms with Crippen LogP contribution in [-0.2, 0) is 6.54 Å². The summed E-state index contributed by atoms with van der Waals surface area (Å²) >= 11 is 0. The highest BCUT2D eigenvalue weighted by atomic mass is 16.2. The van der Waals surface area contributed by atoms with Crippen LogP contribution in [0.4, 0.5) is 0 Å². The van der Waals surface area contributed by atoms with Gasteiger partial charge in [-0.2, -0.15) is 0 Å². The number of nitrogens with one attached hydrogen (secondary N) is 1. The monoisotopic (exact) mass is 337 g/mol. The number of nitrogens with zero attached hydrogens (tertiary/aromatic N) is 4. The highest BCUT2D eigenvalue weighted by molar-refractivity contribution is 6.05. The molecule has 0 bridgehead atoms. The average Bonchev–Trinajstić information content (AvgIpc) is 3.08. The Balaban J connectivity index is 1.42. The second-order valence-corrected chi connectivity index (χ2v) is 6.41. The molecule has 7 heteroatoms. The molecule has 1 N–H and O–H groups in total. The maximum atomic E-state index is 12.8. The first-order chi connectivity index (χ1) is 12.2. The Hall–Kier alpha value is -2.96. The summed E-state index contributed by atoms with van der Waals surface area (Å²) in [7, 11) is 0. The van der Waals surface area contributed by atoms with Crippen molar-refractivity contribution in [3.8, 4) is 0 Å². The third-order valence-corrected chi connectivity index (χ3v) is 4.83. The molecule has 128 valence electrons. The number of aromatic amines is 1. The molecule has 0 spiro atoms. The minimum atomic E-state index is -0.0280. The van der Waals surface area contributed by atoms with Gasteiger partial charge in [-0.05, 0) is 30.9 Å². The van der Waals surface area contributed by atoms with Gasteiger partial charge < -0.3 is 9.88 Å². The smallest absolute Gasteiger partial charge is 0.256 e. The van der Waals surface area contributed by atoms with Gasteiger partial charge in [0, 0.05) is 49.7 Å². The van der Waals surface area contributed by atoms with E-state index in [9.17, 15) is 9.59 Å². The van der Waals surface area contributed by atoms with Gasteiger partial charge in [-0.15, -0.1) is 0 Å². The van der Waals surface area contributed by atoms with Gasteiger partial charge in [-0.1, -0.05) is 0 Å². The van der Waals surface area contributed by atoms with Crippen LogP contribution in [-0.4, -0.2) is 43.4 Å². The standard InChI is InChI=1S/C18H19N5O2/c24-16-3-7-19-12-23(16)11-13-4-8-22(9-5-13)18(25)15-10-21-17-14(15)2-1-6-20-17/h1-3,6-7,10,12-13H,4-5,8-9,11H2,(H,20,21). The van der Waals surface area contributed by atoms with Crippen LogP contribution in [0.3, 0.4) is 0 Å². The first-order valence-electron chi connectivity index (χ1n) is 8.44. The largest absolute Gasteiger partial charge is 0.345 e. The molecule has 0 aliphatic carbocycles. The molecule has 1 aliphatic rings. The zero-order valence-electron chi connectivity index (χ0n) is 13.8. The third-order valence-electron chi connectivity index (χ3n) is 4.83. The number of piperidine rings is 1. The van der Waals surface area contributed by atoms with Gasteiger partial charge in [-0.25, -0.2) is 9.97 Å². The van der Waals surface area contributed by atoms with E-state index in [1.54, 1.807) is 23.3 Å². The number of likely N-dealkylation sites (tertiary alicyclic amines) is 1. The Bertz CT molecular complexity index is 953. The maximum absolute atomic E-state index is 12.8. The van der Waals surface area contributed by atoms with Crippen molar-refractivity contribution < 1.29 is 4.79 Å². The first kappa shape index (κ1) is 15.6. The number of rotatable bonds is 3. The Morgan fingerprint density at radius 1 is 1.24 bits per heavy atom. The number of pyridine rings is 1. The summed E-state index contributed by atoms with van der Waals surface area (Å²) in [5.74, 6) is 0.423. The molecule has 3 aromatic heterocycles. The van der Waals surface area contributed by atoms with Crippen LogP contribution in [0, 0.1) is 5.92 Å². The second-order valence-electron chi connectivity index (χ2n) is 6.41. The number of hydrogen-bond acceptors (Lipinski definition) is 4. The van der Waals surface area contributed by atoms with Crippen molar-refractivity contribution in [3.05, 3.63) is 59.0 Å². The summed E-state index contributed by atoms with van der Waals surface area (Å²) < 4.78 is 1.65. The maximum Gasteiger partial charge on any atom is 0.256 e. The molecule has 7 nitrogen and oxygen atoms in total. The van der Waals surface area contributed by atoms with E-state index in [4.69, 9.17) is 0 Å². The topological polar surface area (TPSA) is 83.9 Å². The highest BCUT2D eigenvalue weighted by Gasteiger charge is 2.25. The molecule has 1 amide bonds. The van der Waals surface area contributed by atoms with E-state index in [-0.39, 0.29) is 11.5 Å². The van der Waals surface area contributed by atoms with E-state index < -0.39 is 0 Å². The Kier molecular flexibility index (Phi) is 4.05. The van der Waals surface area contributed by atoms with Crippen LogP contribution in [0.2, 0.25) is 0 Å². The summed E-state index contributed by atoms with van der Waals surface area (Å²) in [6, 6.07) is 5.22. The van der Waals surface area contributed by atoms with E-state index >= 15 is 0 Å². The van der Waals surface area contributed by atoms with Crippen LogP contribution in [0.15, 0.2) is 47.9 Å². The number of H-pyrrole nitrogens is 1. The van der Waals surface area contributed by atoms with E-state index in [0.717, 1.165) is 23.9 Å². The normalized spacial score (nSPS) is 15.6. The number of amides is 1. The third kappa shape index (κ3) is 3.05. The molecule has 0 radical (unpaired) electrons. The molecule has 25 heavy (non-hydrogen) atoms. The molecule has 3 aromatic rings. The Labute approximate surface area is 144 Å². The van der Waals surface area contributed by atoms with Gasteiger partial charge in [0.05, 0.1) is 11.9 Å². The van der Waals surface area contributed by atoms with E-state index in [1.807, 2.05) is 17.0 Å². The summed E-state index contributed by atoms with van der Waals surface area (Å²) in [6.45, 7) is 2.06. The predicted octanol–water partition coefficient (Wildman–Crippen LogP) is 1.67. The van der Waals surface area contributed by atoms with E-state index in [1.165, 1.54) is 12.3 Å². The van der Waals surface area contributed by atoms with Gasteiger partial charge in [0.2, 0.25) is 0 Å². The van der Waals surface area contributed by atoms with Crippen molar-refractivity contribution >= 4 is 16.9 Å². The minimum absolute atomic E-state index is 0.0280. The van der Waals surface area contributed by atoms with Crippen molar-refractivity contribution in [3.63, 3.8) is 0 Å². The molecule has 0 unspecified atom stereocenters. The lowest BCUT2D eigenvalue weighted by molar-refractivity contribution is 0.0684. The Morgan fingerprint density at radius 2 is 2.08 bits per heavy atom. The van der Waals surface area contributed by atoms with Crippen molar-refractivity contribution in [2.45, 2.75) is 19.4 Å². The number of fused-ring (bicyclic) bond motifs is 1. The predicted molar refractivity (Wildman–Crippen MR) is 93.2 cm³/mol. The fraction of sp³-hybridized carbons (Fsp3) is 0.333. The molecule has 4 heterocycles. The molecule has 1 fully saturated rings. The zero-order valence-corrected chi connectivity index (χ0v) is 13.8. The van der Waals surface area contributed by atoms with E-state index in [0.29, 0.717) is 31.1 Å². The van der Waals surface area contributed by atoms with Crippen LogP contribution < -0.4 is 5.56 Å². The summed E-state index contributed by atoms with van der Waals surface area (Å²) in [5.41, 5.74) is 1.38. The SMILES string of the molecule is O=C(c1c[nH]c2ncccc12)N1CCC(Cn2cnccc2=O)CC1. The van der Waals surface area contributed by atoms with Crippen LogP contribution in [0.5, 0.6) is 0 Å². The number of carbonyl (C=O) groups is 1. The summed E-state index contributed by atoms with van der Waals surface area (Å²) in [4.78, 5) is 37.8. The van der Waals surface area contributed by atoms with E-state index in [2.05, 4.69) is 15.0 Å². The highest BCUT2D eigenvalue weighted by Crippen LogP contribution is 2.23. The van der Waals surface area contributed by atoms with Gasteiger partial charge in [0.15, 0.2) is 0 Å². The molecule has 1 aliphatic heterocycles. The second kappa shape index (κ2) is 6.51. The quantitative estimate of drug-likeness (QED) is 0.788. The van der Waals surface area contributed by atoms with Crippen molar-refractivity contribution in [2.75, 3.05) is 13.1 Å². The lowest BCUT2D eigenvalue weighted by atomic mass is 9.96. The number of hydrogen-bond donors (Lipinski definition) is 1. The van der Waals surface area contributed by atoms with Gasteiger partial charge in [0.1, 0.15) is 5.65 Å². The number of carbonyl (C=O) groups excluding carboxylic acids is 1. The molecule has 4 rings (SSSR count).